The molecule has 0 aromatic rings. The lowest BCUT2D eigenvalue weighted by Crippen LogP contribution is -2.36. The SMILES string of the molecule is CCC1CC(C(=O)O)C(C(=O)NCCC(C)C)C1. The lowest BCUT2D eigenvalue weighted by atomic mass is 9.95. The molecule has 4 heteroatoms. The zero-order chi connectivity index (χ0) is 13.7. The Bertz CT molecular complexity index is 301. The van der Waals surface area contributed by atoms with Crippen LogP contribution in [-0.2, 0) is 9.59 Å². The number of carbonyl (C=O) groups excluding carboxylic acids is 1. The molecule has 4 nitrogen and oxygen atoms in total. The van der Waals surface area contributed by atoms with Crippen molar-refractivity contribution < 1.29 is 14.7 Å². The fourth-order valence-corrected chi connectivity index (χ4v) is 2.65. The zero-order valence-electron chi connectivity index (χ0n) is 11.6. The summed E-state index contributed by atoms with van der Waals surface area (Å²) in [6.45, 7) is 6.92. The number of carboxylic acid groups (broad SMARTS) is 1. The van der Waals surface area contributed by atoms with Gasteiger partial charge in [-0.2, -0.15) is 0 Å². The Hall–Kier alpha value is -1.06. The number of carbonyl (C=O) groups is 2. The van der Waals surface area contributed by atoms with Crippen molar-refractivity contribution in [2.45, 2.75) is 46.5 Å². The smallest absolute Gasteiger partial charge is 0.307 e. The van der Waals surface area contributed by atoms with Gasteiger partial charge >= 0.3 is 5.97 Å². The summed E-state index contributed by atoms with van der Waals surface area (Å²) in [5.74, 6) is -0.790. The van der Waals surface area contributed by atoms with E-state index in [1.807, 2.05) is 0 Å². The van der Waals surface area contributed by atoms with E-state index in [9.17, 15) is 14.7 Å². The van der Waals surface area contributed by atoms with E-state index in [2.05, 4.69) is 26.1 Å². The molecule has 1 aliphatic rings. The molecule has 3 unspecified atom stereocenters. The molecule has 1 aliphatic carbocycles. The van der Waals surface area contributed by atoms with Crippen molar-refractivity contribution in [3.05, 3.63) is 0 Å². The number of hydrogen-bond acceptors (Lipinski definition) is 2. The number of hydrogen-bond donors (Lipinski definition) is 2. The topological polar surface area (TPSA) is 66.4 Å². The van der Waals surface area contributed by atoms with Crippen molar-refractivity contribution in [2.24, 2.45) is 23.7 Å². The molecule has 104 valence electrons. The van der Waals surface area contributed by atoms with Crippen LogP contribution in [0.25, 0.3) is 0 Å². The number of aliphatic carboxylic acids is 1. The van der Waals surface area contributed by atoms with E-state index in [-0.39, 0.29) is 11.8 Å². The van der Waals surface area contributed by atoms with Crippen molar-refractivity contribution in [3.8, 4) is 0 Å². The minimum absolute atomic E-state index is 0.0704. The second-order valence-electron chi connectivity index (χ2n) is 5.77. The fourth-order valence-electron chi connectivity index (χ4n) is 2.65. The summed E-state index contributed by atoms with van der Waals surface area (Å²) in [6.07, 6.45) is 3.27. The van der Waals surface area contributed by atoms with Gasteiger partial charge in [-0.05, 0) is 31.1 Å². The average molecular weight is 255 g/mol. The second-order valence-corrected chi connectivity index (χ2v) is 5.77. The number of amides is 1. The lowest BCUT2D eigenvalue weighted by Gasteiger charge is -2.16. The van der Waals surface area contributed by atoms with Crippen molar-refractivity contribution in [3.63, 3.8) is 0 Å². The maximum absolute atomic E-state index is 12.0. The Kier molecular flexibility index (Phi) is 5.63. The minimum Gasteiger partial charge on any atom is -0.481 e. The molecule has 0 bridgehead atoms. The van der Waals surface area contributed by atoms with Gasteiger partial charge in [0.25, 0.3) is 0 Å². The first kappa shape index (κ1) is 15.0. The van der Waals surface area contributed by atoms with E-state index in [0.29, 0.717) is 24.8 Å². The summed E-state index contributed by atoms with van der Waals surface area (Å²) < 4.78 is 0. The Morgan fingerprint density at radius 3 is 2.39 bits per heavy atom. The third-order valence-electron chi connectivity index (χ3n) is 3.91. The van der Waals surface area contributed by atoms with Gasteiger partial charge in [0.2, 0.25) is 5.91 Å². The van der Waals surface area contributed by atoms with Crippen LogP contribution in [0.5, 0.6) is 0 Å². The predicted octanol–water partition coefficient (Wildman–Crippen LogP) is 2.29. The molecule has 0 aromatic carbocycles. The molecule has 0 spiro atoms. The van der Waals surface area contributed by atoms with Gasteiger partial charge in [0.1, 0.15) is 0 Å². The van der Waals surface area contributed by atoms with E-state index in [4.69, 9.17) is 0 Å². The summed E-state index contributed by atoms with van der Waals surface area (Å²) in [4.78, 5) is 23.2. The van der Waals surface area contributed by atoms with Crippen LogP contribution in [0.1, 0.15) is 46.5 Å². The van der Waals surface area contributed by atoms with Gasteiger partial charge in [-0.25, -0.2) is 0 Å². The second kappa shape index (κ2) is 6.76. The third-order valence-corrected chi connectivity index (χ3v) is 3.91. The van der Waals surface area contributed by atoms with Crippen molar-refractivity contribution in [1.82, 2.24) is 5.32 Å². The summed E-state index contributed by atoms with van der Waals surface area (Å²) in [5.41, 5.74) is 0. The van der Waals surface area contributed by atoms with Crippen LogP contribution in [0.3, 0.4) is 0 Å². The van der Waals surface area contributed by atoms with Crippen LogP contribution in [0, 0.1) is 23.7 Å². The maximum atomic E-state index is 12.0. The van der Waals surface area contributed by atoms with Crippen LogP contribution in [0.2, 0.25) is 0 Å². The van der Waals surface area contributed by atoms with E-state index < -0.39 is 11.9 Å². The fraction of sp³-hybridized carbons (Fsp3) is 0.857. The van der Waals surface area contributed by atoms with Gasteiger partial charge in [-0.15, -0.1) is 0 Å². The number of nitrogens with one attached hydrogen (secondary N) is 1. The van der Waals surface area contributed by atoms with Crippen molar-refractivity contribution in [2.75, 3.05) is 6.54 Å². The monoisotopic (exact) mass is 255 g/mol. The molecule has 1 saturated carbocycles. The quantitative estimate of drug-likeness (QED) is 0.765. The molecule has 0 saturated heterocycles. The number of carboxylic acids is 1. The van der Waals surface area contributed by atoms with Crippen molar-refractivity contribution in [1.29, 1.82) is 0 Å². The van der Waals surface area contributed by atoms with Crippen LogP contribution >= 0.6 is 0 Å². The van der Waals surface area contributed by atoms with Crippen LogP contribution in [0.15, 0.2) is 0 Å². The molecule has 1 fully saturated rings. The average Bonchev–Trinajstić information content (AvgIpc) is 2.72. The summed E-state index contributed by atoms with van der Waals surface area (Å²) in [7, 11) is 0. The van der Waals surface area contributed by atoms with E-state index in [0.717, 1.165) is 19.3 Å². The predicted molar refractivity (Wildman–Crippen MR) is 70.1 cm³/mol. The van der Waals surface area contributed by atoms with E-state index in [1.165, 1.54) is 0 Å². The first-order valence-corrected chi connectivity index (χ1v) is 6.96. The molecule has 0 radical (unpaired) electrons. The molecule has 3 atom stereocenters. The Morgan fingerprint density at radius 2 is 1.89 bits per heavy atom. The van der Waals surface area contributed by atoms with Crippen LogP contribution in [0.4, 0.5) is 0 Å². The Balaban J connectivity index is 2.51. The third kappa shape index (κ3) is 4.00. The first-order chi connectivity index (χ1) is 8.45. The minimum atomic E-state index is -0.824. The van der Waals surface area contributed by atoms with Gasteiger partial charge in [-0.1, -0.05) is 27.2 Å². The highest BCUT2D eigenvalue weighted by atomic mass is 16.4. The summed E-state index contributed by atoms with van der Waals surface area (Å²) >= 11 is 0. The molecule has 18 heavy (non-hydrogen) atoms. The normalized spacial score (nSPS) is 27.4. The maximum Gasteiger partial charge on any atom is 0.307 e. The zero-order valence-corrected chi connectivity index (χ0v) is 11.6. The summed E-state index contributed by atoms with van der Waals surface area (Å²) in [5, 5.41) is 12.1. The Morgan fingerprint density at radius 1 is 1.28 bits per heavy atom. The molecule has 1 rings (SSSR count). The molecule has 0 aliphatic heterocycles. The standard InChI is InChI=1S/C14H25NO3/c1-4-10-7-11(12(8-10)14(17)18)13(16)15-6-5-9(2)3/h9-12H,4-8H2,1-3H3,(H,15,16)(H,17,18). The lowest BCUT2D eigenvalue weighted by molar-refractivity contribution is -0.146. The van der Waals surface area contributed by atoms with E-state index in [1.54, 1.807) is 0 Å². The van der Waals surface area contributed by atoms with Crippen molar-refractivity contribution >= 4 is 11.9 Å². The largest absolute Gasteiger partial charge is 0.481 e. The molecular formula is C14H25NO3. The van der Waals surface area contributed by atoms with Crippen LogP contribution < -0.4 is 5.32 Å². The molecule has 0 aromatic heterocycles. The van der Waals surface area contributed by atoms with E-state index >= 15 is 0 Å². The molecule has 2 N–H and O–H groups in total. The Labute approximate surface area is 109 Å². The van der Waals surface area contributed by atoms with Crippen LogP contribution in [-0.4, -0.2) is 23.5 Å². The van der Waals surface area contributed by atoms with Gasteiger partial charge in [0, 0.05) is 6.54 Å². The highest BCUT2D eigenvalue weighted by Crippen LogP contribution is 2.38. The summed E-state index contributed by atoms with van der Waals surface area (Å²) in [6, 6.07) is 0. The first-order valence-electron chi connectivity index (χ1n) is 6.96. The van der Waals surface area contributed by atoms with Gasteiger partial charge in [0.05, 0.1) is 11.8 Å². The van der Waals surface area contributed by atoms with Gasteiger partial charge in [0.15, 0.2) is 0 Å². The molecule has 0 heterocycles. The molecular weight excluding hydrogens is 230 g/mol. The molecule has 1 amide bonds. The highest BCUT2D eigenvalue weighted by Gasteiger charge is 2.41. The number of rotatable bonds is 6. The van der Waals surface area contributed by atoms with Gasteiger partial charge in [-0.3, -0.25) is 9.59 Å². The highest BCUT2D eigenvalue weighted by molar-refractivity contribution is 5.85. The van der Waals surface area contributed by atoms with Gasteiger partial charge < -0.3 is 10.4 Å².